The maximum atomic E-state index is 10.6. The first kappa shape index (κ1) is 11.0. The van der Waals surface area contributed by atoms with Crippen molar-refractivity contribution in [2.45, 2.75) is 13.5 Å². The molecule has 3 nitrogen and oxygen atoms in total. The van der Waals surface area contributed by atoms with Gasteiger partial charge in [-0.2, -0.15) is 0 Å². The fourth-order valence-corrected chi connectivity index (χ4v) is 1.31. The number of hydrogen-bond donors (Lipinski definition) is 2. The first-order chi connectivity index (χ1) is 6.63. The Hall–Kier alpha value is -1.10. The largest absolute Gasteiger partial charge is 0.461 e. The first-order valence-electron chi connectivity index (χ1n) is 4.26. The Morgan fingerprint density at radius 1 is 1.64 bits per heavy atom. The molecule has 0 aliphatic rings. The fourth-order valence-electron chi connectivity index (χ4n) is 1.06. The van der Waals surface area contributed by atoms with E-state index in [4.69, 9.17) is 4.74 Å². The van der Waals surface area contributed by atoms with Gasteiger partial charge < -0.3 is 9.46 Å². The molecule has 74 valence electrons. The molecule has 0 bridgehead atoms. The molecule has 0 saturated heterocycles. The highest BCUT2D eigenvalue weighted by Crippen LogP contribution is 2.09. The maximum Gasteiger partial charge on any atom is 0.302 e. The zero-order valence-corrected chi connectivity index (χ0v) is 9.10. The van der Waals surface area contributed by atoms with Crippen LogP contribution in [-0.2, 0) is 16.1 Å². The van der Waals surface area contributed by atoms with E-state index in [-0.39, 0.29) is 5.97 Å². The summed E-state index contributed by atoms with van der Waals surface area (Å²) < 4.78 is 7.65. The lowest BCUT2D eigenvalue weighted by atomic mass is 9.93. The summed E-state index contributed by atoms with van der Waals surface area (Å²) in [6.45, 7) is 1.70. The Morgan fingerprint density at radius 2 is 2.36 bits per heavy atom. The van der Waals surface area contributed by atoms with Gasteiger partial charge in [0, 0.05) is 12.6 Å². The van der Waals surface area contributed by atoms with Crippen molar-refractivity contribution in [3.05, 3.63) is 23.8 Å². The molecule has 0 amide bonds. The van der Waals surface area contributed by atoms with E-state index < -0.39 is 0 Å². The van der Waals surface area contributed by atoms with Crippen molar-refractivity contribution in [1.29, 1.82) is 0 Å². The molecule has 0 saturated carbocycles. The lowest BCUT2D eigenvalue weighted by molar-refractivity contribution is -0.142. The lowest BCUT2D eigenvalue weighted by Crippen LogP contribution is -2.08. The number of esters is 1. The van der Waals surface area contributed by atoms with Crippen molar-refractivity contribution in [3.63, 3.8) is 0 Å². The second kappa shape index (κ2) is 4.95. The molecule has 0 aromatic heterocycles. The standard InChI is InChI=1S/C9H12BNO2S/c1-6(12)13-5-7-2-3-8(10)9(4-7)11-14/h2-4,11,14H,5,10H2,1H3. The molecule has 0 atom stereocenters. The zero-order valence-electron chi connectivity index (χ0n) is 8.20. The third-order valence-electron chi connectivity index (χ3n) is 1.86. The molecule has 0 spiro atoms. The molecule has 14 heavy (non-hydrogen) atoms. The van der Waals surface area contributed by atoms with Crippen LogP contribution in [0.5, 0.6) is 0 Å². The van der Waals surface area contributed by atoms with Gasteiger partial charge in [0.05, 0.1) is 0 Å². The second-order valence-electron chi connectivity index (χ2n) is 3.04. The van der Waals surface area contributed by atoms with Gasteiger partial charge in [0.15, 0.2) is 0 Å². The van der Waals surface area contributed by atoms with Gasteiger partial charge >= 0.3 is 5.97 Å². The van der Waals surface area contributed by atoms with Crippen LogP contribution in [0.2, 0.25) is 0 Å². The van der Waals surface area contributed by atoms with Gasteiger partial charge in [-0.3, -0.25) is 4.79 Å². The Labute approximate surface area is 89.8 Å². The fraction of sp³-hybridized carbons (Fsp3) is 0.222. The highest BCUT2D eigenvalue weighted by atomic mass is 32.1. The molecule has 1 aromatic rings. The van der Waals surface area contributed by atoms with E-state index >= 15 is 0 Å². The third-order valence-corrected chi connectivity index (χ3v) is 2.11. The predicted molar refractivity (Wildman–Crippen MR) is 62.7 cm³/mol. The number of hydrogen-bond acceptors (Lipinski definition) is 4. The normalized spacial score (nSPS) is 9.57. The molecule has 0 aliphatic carbocycles. The zero-order chi connectivity index (χ0) is 10.6. The summed E-state index contributed by atoms with van der Waals surface area (Å²) in [4.78, 5) is 10.6. The summed E-state index contributed by atoms with van der Waals surface area (Å²) in [5.41, 5.74) is 2.98. The summed E-state index contributed by atoms with van der Waals surface area (Å²) >= 11 is 3.98. The Kier molecular flexibility index (Phi) is 3.89. The average molecular weight is 209 g/mol. The summed E-state index contributed by atoms with van der Waals surface area (Å²) in [5.74, 6) is -0.272. The maximum absolute atomic E-state index is 10.6. The van der Waals surface area contributed by atoms with Crippen LogP contribution in [0.1, 0.15) is 12.5 Å². The Balaban J connectivity index is 2.74. The Bertz CT molecular complexity index is 344. The van der Waals surface area contributed by atoms with Crippen molar-refractivity contribution in [2.75, 3.05) is 4.72 Å². The van der Waals surface area contributed by atoms with Crippen molar-refractivity contribution in [2.24, 2.45) is 0 Å². The van der Waals surface area contributed by atoms with E-state index in [0.717, 1.165) is 16.7 Å². The van der Waals surface area contributed by atoms with E-state index in [0.29, 0.717) is 6.61 Å². The molecule has 0 heterocycles. The molecule has 1 rings (SSSR count). The molecule has 0 aliphatic heterocycles. The van der Waals surface area contributed by atoms with Crippen LogP contribution in [-0.4, -0.2) is 13.8 Å². The average Bonchev–Trinajstić information content (AvgIpc) is 2.16. The Morgan fingerprint density at radius 3 is 2.93 bits per heavy atom. The molecule has 0 unspecified atom stereocenters. The van der Waals surface area contributed by atoms with E-state index in [1.165, 1.54) is 6.92 Å². The summed E-state index contributed by atoms with van der Waals surface area (Å²) in [7, 11) is 1.98. The van der Waals surface area contributed by atoms with Gasteiger partial charge in [0.25, 0.3) is 0 Å². The number of benzene rings is 1. The quantitative estimate of drug-likeness (QED) is 0.426. The van der Waals surface area contributed by atoms with Crippen LogP contribution >= 0.6 is 12.8 Å². The third kappa shape index (κ3) is 2.99. The van der Waals surface area contributed by atoms with Crippen molar-refractivity contribution in [1.82, 2.24) is 0 Å². The molecular weight excluding hydrogens is 197 g/mol. The minimum absolute atomic E-state index is 0.272. The summed E-state index contributed by atoms with van der Waals surface area (Å²) in [5, 5.41) is 0. The topological polar surface area (TPSA) is 38.3 Å². The molecule has 0 fully saturated rings. The van der Waals surface area contributed by atoms with E-state index in [2.05, 4.69) is 17.5 Å². The number of ether oxygens (including phenoxy) is 1. The van der Waals surface area contributed by atoms with Crippen LogP contribution in [0.25, 0.3) is 0 Å². The number of thiol groups is 1. The molecule has 1 N–H and O–H groups in total. The summed E-state index contributed by atoms with van der Waals surface area (Å²) in [6, 6.07) is 5.79. The van der Waals surface area contributed by atoms with Crippen molar-refractivity contribution < 1.29 is 9.53 Å². The number of carbonyl (C=O) groups excluding carboxylic acids is 1. The van der Waals surface area contributed by atoms with Crippen LogP contribution in [0.4, 0.5) is 5.69 Å². The number of carbonyl (C=O) groups is 1. The first-order valence-corrected chi connectivity index (χ1v) is 4.71. The smallest absolute Gasteiger partial charge is 0.302 e. The number of nitrogens with one attached hydrogen (secondary N) is 1. The van der Waals surface area contributed by atoms with Crippen LogP contribution < -0.4 is 10.2 Å². The van der Waals surface area contributed by atoms with E-state index in [1.807, 2.05) is 26.0 Å². The van der Waals surface area contributed by atoms with Gasteiger partial charge in [-0.1, -0.05) is 30.4 Å². The van der Waals surface area contributed by atoms with Gasteiger partial charge in [-0.15, -0.1) is 0 Å². The minimum atomic E-state index is -0.272. The lowest BCUT2D eigenvalue weighted by Gasteiger charge is -2.07. The van der Waals surface area contributed by atoms with Gasteiger partial charge in [0.1, 0.15) is 14.5 Å². The van der Waals surface area contributed by atoms with Crippen LogP contribution in [0, 0.1) is 0 Å². The SMILES string of the molecule is Bc1ccc(COC(C)=O)cc1NS. The minimum Gasteiger partial charge on any atom is -0.461 e. The molecule has 1 aromatic carbocycles. The van der Waals surface area contributed by atoms with E-state index in [1.54, 1.807) is 0 Å². The molecule has 0 radical (unpaired) electrons. The second-order valence-corrected chi connectivity index (χ2v) is 3.26. The summed E-state index contributed by atoms with van der Waals surface area (Å²) in [6.07, 6.45) is 0. The molecular formula is C9H12BNO2S. The van der Waals surface area contributed by atoms with Gasteiger partial charge in [0.2, 0.25) is 0 Å². The van der Waals surface area contributed by atoms with Gasteiger partial charge in [-0.25, -0.2) is 0 Å². The highest BCUT2D eigenvalue weighted by molar-refractivity contribution is 7.81. The number of rotatable bonds is 3. The van der Waals surface area contributed by atoms with Crippen LogP contribution in [0.15, 0.2) is 18.2 Å². The van der Waals surface area contributed by atoms with Crippen molar-refractivity contribution in [3.8, 4) is 0 Å². The molecule has 5 heteroatoms. The monoisotopic (exact) mass is 209 g/mol. The van der Waals surface area contributed by atoms with E-state index in [9.17, 15) is 4.79 Å². The van der Waals surface area contributed by atoms with Crippen molar-refractivity contribution >= 4 is 37.8 Å². The van der Waals surface area contributed by atoms with Gasteiger partial charge in [-0.05, 0) is 11.6 Å². The highest BCUT2D eigenvalue weighted by Gasteiger charge is 2.00. The predicted octanol–water partition coefficient (Wildman–Crippen LogP) is 0.265. The number of anilines is 1. The van der Waals surface area contributed by atoms with Crippen LogP contribution in [0.3, 0.4) is 0 Å².